The number of aliphatic hydroxyl groups is 2. The average Bonchev–Trinajstić information content (AvgIpc) is 2.48. The van der Waals surface area contributed by atoms with Crippen molar-refractivity contribution in [3.63, 3.8) is 0 Å². The molecule has 0 unspecified atom stereocenters. The van der Waals surface area contributed by atoms with Gasteiger partial charge in [0.1, 0.15) is 17.5 Å². The summed E-state index contributed by atoms with van der Waals surface area (Å²) >= 11 is 0. The molecular formula is C18H24FNO4. The second-order valence-electron chi connectivity index (χ2n) is 7.68. The van der Waals surface area contributed by atoms with Crippen molar-refractivity contribution >= 4 is 6.09 Å². The van der Waals surface area contributed by atoms with Crippen molar-refractivity contribution in [3.05, 3.63) is 35.1 Å². The minimum atomic E-state index is -1.08. The van der Waals surface area contributed by atoms with Crippen molar-refractivity contribution < 1.29 is 24.1 Å². The summed E-state index contributed by atoms with van der Waals surface area (Å²) in [5.74, 6) is -0.547. The first kappa shape index (κ1) is 17.2. The fraction of sp³-hybridized carbons (Fsp3) is 0.611. The summed E-state index contributed by atoms with van der Waals surface area (Å²) in [5.41, 5.74) is 1.01. The van der Waals surface area contributed by atoms with Gasteiger partial charge in [-0.25, -0.2) is 9.18 Å². The lowest BCUT2D eigenvalue weighted by atomic mass is 9.72. The van der Waals surface area contributed by atoms with Gasteiger partial charge in [-0.05, 0) is 56.9 Å². The van der Waals surface area contributed by atoms with Crippen LogP contribution in [0.2, 0.25) is 0 Å². The smallest absolute Gasteiger partial charge is 0.410 e. The molecule has 4 atom stereocenters. The van der Waals surface area contributed by atoms with Crippen molar-refractivity contribution in [2.75, 3.05) is 0 Å². The Kier molecular flexibility index (Phi) is 4.30. The third-order valence-electron chi connectivity index (χ3n) is 4.77. The number of carbonyl (C=O) groups is 1. The zero-order valence-electron chi connectivity index (χ0n) is 14.2. The van der Waals surface area contributed by atoms with Crippen molar-refractivity contribution in [1.29, 1.82) is 0 Å². The summed E-state index contributed by atoms with van der Waals surface area (Å²) in [4.78, 5) is 14.1. The lowest BCUT2D eigenvalue weighted by Gasteiger charge is -2.48. The van der Waals surface area contributed by atoms with Crippen molar-refractivity contribution in [2.45, 2.75) is 69.9 Å². The summed E-state index contributed by atoms with van der Waals surface area (Å²) in [6.07, 6.45) is -1.50. The van der Waals surface area contributed by atoms with Gasteiger partial charge in [0, 0.05) is 12.5 Å². The maximum absolute atomic E-state index is 13.7. The number of aliphatic hydroxyl groups excluding tert-OH is 2. The first-order valence-corrected chi connectivity index (χ1v) is 8.31. The molecule has 5 nitrogen and oxygen atoms in total. The third kappa shape index (κ3) is 3.13. The Labute approximate surface area is 141 Å². The van der Waals surface area contributed by atoms with Gasteiger partial charge in [0.2, 0.25) is 0 Å². The standard InChI is InChI=1S/C18H24FNO4/c1-18(2,3)24-17(23)20-9-10-4-5-11(19)8-13(10)12-6-7-14(21)16(22)15(12)20/h4-5,8,12,14-16,21-22H,6-7,9H2,1-3H3/t12-,14+,15+,16+/m0/s1. The van der Waals surface area contributed by atoms with Gasteiger partial charge in [-0.3, -0.25) is 4.90 Å². The fourth-order valence-corrected chi connectivity index (χ4v) is 3.75. The van der Waals surface area contributed by atoms with Gasteiger partial charge in [0.25, 0.3) is 0 Å². The number of benzene rings is 1. The maximum atomic E-state index is 13.7. The quantitative estimate of drug-likeness (QED) is 0.763. The van der Waals surface area contributed by atoms with E-state index in [0.717, 1.165) is 11.1 Å². The van der Waals surface area contributed by atoms with E-state index < -0.39 is 29.9 Å². The van der Waals surface area contributed by atoms with Crippen LogP contribution in [0.3, 0.4) is 0 Å². The maximum Gasteiger partial charge on any atom is 0.410 e. The molecule has 132 valence electrons. The summed E-state index contributed by atoms with van der Waals surface area (Å²) in [5, 5.41) is 20.5. The molecule has 24 heavy (non-hydrogen) atoms. The average molecular weight is 337 g/mol. The second kappa shape index (κ2) is 6.01. The number of nitrogens with zero attached hydrogens (tertiary/aromatic N) is 1. The van der Waals surface area contributed by atoms with Crippen LogP contribution in [0, 0.1) is 5.82 Å². The molecule has 1 fully saturated rings. The molecule has 6 heteroatoms. The number of carbonyl (C=O) groups excluding carboxylic acids is 1. The van der Waals surface area contributed by atoms with Crippen molar-refractivity contribution in [1.82, 2.24) is 4.90 Å². The molecule has 2 N–H and O–H groups in total. The van der Waals surface area contributed by atoms with E-state index in [-0.39, 0.29) is 18.3 Å². The van der Waals surface area contributed by atoms with Gasteiger partial charge in [0.15, 0.2) is 0 Å². The summed E-state index contributed by atoms with van der Waals surface area (Å²) < 4.78 is 19.2. The highest BCUT2D eigenvalue weighted by molar-refractivity contribution is 5.70. The first-order chi connectivity index (χ1) is 11.2. The van der Waals surface area contributed by atoms with Crippen LogP contribution in [0.15, 0.2) is 18.2 Å². The number of rotatable bonds is 0. The Morgan fingerprint density at radius 2 is 2.00 bits per heavy atom. The van der Waals surface area contributed by atoms with Gasteiger partial charge in [-0.2, -0.15) is 0 Å². The van der Waals surface area contributed by atoms with E-state index in [1.54, 1.807) is 26.8 Å². The zero-order chi connectivity index (χ0) is 17.6. The molecule has 1 aliphatic heterocycles. The van der Waals surface area contributed by atoms with Crippen LogP contribution in [0.1, 0.15) is 50.7 Å². The first-order valence-electron chi connectivity index (χ1n) is 8.31. The van der Waals surface area contributed by atoms with Gasteiger partial charge in [-0.15, -0.1) is 0 Å². The van der Waals surface area contributed by atoms with Crippen LogP contribution in [0.25, 0.3) is 0 Å². The van der Waals surface area contributed by atoms with Crippen LogP contribution in [-0.2, 0) is 11.3 Å². The minimum Gasteiger partial charge on any atom is -0.444 e. The molecule has 1 amide bonds. The minimum absolute atomic E-state index is 0.213. The number of hydrogen-bond donors (Lipinski definition) is 2. The Morgan fingerprint density at radius 1 is 1.29 bits per heavy atom. The summed E-state index contributed by atoms with van der Waals surface area (Å²) in [7, 11) is 0. The van der Waals surface area contributed by atoms with Crippen molar-refractivity contribution in [2.24, 2.45) is 0 Å². The molecule has 0 aromatic heterocycles. The Balaban J connectivity index is 1.99. The van der Waals surface area contributed by atoms with E-state index in [0.29, 0.717) is 12.8 Å². The van der Waals surface area contributed by atoms with E-state index in [2.05, 4.69) is 0 Å². The Hall–Kier alpha value is -1.66. The van der Waals surface area contributed by atoms with E-state index in [1.807, 2.05) is 0 Å². The van der Waals surface area contributed by atoms with Crippen LogP contribution in [-0.4, -0.2) is 45.1 Å². The normalized spacial score (nSPS) is 29.7. The van der Waals surface area contributed by atoms with E-state index in [4.69, 9.17) is 4.74 Å². The molecule has 0 bridgehead atoms. The third-order valence-corrected chi connectivity index (χ3v) is 4.77. The van der Waals surface area contributed by atoms with E-state index in [9.17, 15) is 19.4 Å². The van der Waals surface area contributed by atoms with Gasteiger partial charge >= 0.3 is 6.09 Å². The number of ether oxygens (including phenoxy) is 1. The largest absolute Gasteiger partial charge is 0.444 e. The highest BCUT2D eigenvalue weighted by Gasteiger charge is 2.47. The highest BCUT2D eigenvalue weighted by atomic mass is 19.1. The summed E-state index contributed by atoms with van der Waals surface area (Å²) in [6.45, 7) is 5.57. The zero-order valence-corrected chi connectivity index (χ0v) is 14.2. The molecule has 3 rings (SSSR count). The number of fused-ring (bicyclic) bond motifs is 3. The van der Waals surface area contributed by atoms with Crippen LogP contribution in [0.5, 0.6) is 0 Å². The lowest BCUT2D eigenvalue weighted by Crippen LogP contribution is -2.58. The molecule has 1 heterocycles. The predicted octanol–water partition coefficient (Wildman–Crippen LogP) is 2.54. The van der Waals surface area contributed by atoms with Gasteiger partial charge in [-0.1, -0.05) is 6.07 Å². The van der Waals surface area contributed by atoms with Crippen LogP contribution >= 0.6 is 0 Å². The van der Waals surface area contributed by atoms with E-state index >= 15 is 0 Å². The number of hydrogen-bond acceptors (Lipinski definition) is 4. The molecule has 0 saturated heterocycles. The lowest BCUT2D eigenvalue weighted by molar-refractivity contribution is -0.0823. The molecule has 0 radical (unpaired) electrons. The molecule has 1 aromatic rings. The SMILES string of the molecule is CC(C)(C)OC(=O)N1Cc2ccc(F)cc2[C@@H]2CC[C@@H](O)[C@@H](O)[C@@H]21. The topological polar surface area (TPSA) is 70.0 Å². The fourth-order valence-electron chi connectivity index (χ4n) is 3.75. The predicted molar refractivity (Wildman–Crippen MR) is 86.0 cm³/mol. The molecule has 1 saturated carbocycles. The van der Waals surface area contributed by atoms with Crippen LogP contribution in [0.4, 0.5) is 9.18 Å². The monoisotopic (exact) mass is 337 g/mol. The molecule has 2 aliphatic rings. The van der Waals surface area contributed by atoms with Gasteiger partial charge < -0.3 is 14.9 Å². The highest BCUT2D eigenvalue weighted by Crippen LogP contribution is 2.43. The van der Waals surface area contributed by atoms with Gasteiger partial charge in [0.05, 0.1) is 12.1 Å². The molecule has 1 aliphatic carbocycles. The van der Waals surface area contributed by atoms with Crippen molar-refractivity contribution in [3.8, 4) is 0 Å². The second-order valence-corrected chi connectivity index (χ2v) is 7.68. The Morgan fingerprint density at radius 3 is 2.67 bits per heavy atom. The number of amides is 1. The molecule has 0 spiro atoms. The number of halogens is 1. The molecular weight excluding hydrogens is 313 g/mol. The Bertz CT molecular complexity index is 642. The van der Waals surface area contributed by atoms with E-state index in [1.165, 1.54) is 17.0 Å². The van der Waals surface area contributed by atoms with Crippen LogP contribution < -0.4 is 0 Å². The molecule has 1 aromatic carbocycles. The summed E-state index contributed by atoms with van der Waals surface area (Å²) in [6, 6.07) is 3.91.